The number of nitrogens with two attached hydrogens (primary N) is 1. The quantitative estimate of drug-likeness (QED) is 0.695. The van der Waals surface area contributed by atoms with E-state index in [0.29, 0.717) is 18.9 Å². The lowest BCUT2D eigenvalue weighted by atomic mass is 10.0. The number of hydrogen-bond acceptors (Lipinski definition) is 2. The Bertz CT molecular complexity index is 196. The average Bonchev–Trinajstić information content (AvgIpc) is 2.30. The molecule has 0 aromatic rings. The minimum Gasteiger partial charge on any atom is -0.338 e. The van der Waals surface area contributed by atoms with Crippen LogP contribution in [0.25, 0.3) is 0 Å². The first-order chi connectivity index (χ1) is 5.95. The van der Waals surface area contributed by atoms with Crippen molar-refractivity contribution in [1.29, 1.82) is 0 Å². The molecule has 0 aromatic heterocycles. The molecule has 1 heterocycles. The molecule has 76 valence electrons. The van der Waals surface area contributed by atoms with E-state index in [1.165, 1.54) is 0 Å². The summed E-state index contributed by atoms with van der Waals surface area (Å²) in [4.78, 5) is 13.6. The smallest absolute Gasteiger partial charge is 0.223 e. The van der Waals surface area contributed by atoms with Crippen molar-refractivity contribution in [3.05, 3.63) is 0 Å². The van der Waals surface area contributed by atoms with E-state index >= 15 is 0 Å². The Morgan fingerprint density at radius 2 is 2.15 bits per heavy atom. The van der Waals surface area contributed by atoms with Crippen LogP contribution in [-0.2, 0) is 4.79 Å². The molecule has 13 heavy (non-hydrogen) atoms. The Kier molecular flexibility index (Phi) is 2.96. The highest BCUT2D eigenvalue weighted by Gasteiger charge is 2.35. The molecule has 3 nitrogen and oxygen atoms in total. The summed E-state index contributed by atoms with van der Waals surface area (Å²) in [6.07, 6.45) is 1.66. The van der Waals surface area contributed by atoms with Gasteiger partial charge in [0.25, 0.3) is 0 Å². The number of nitrogens with zero attached hydrogens (tertiary/aromatic N) is 1. The summed E-state index contributed by atoms with van der Waals surface area (Å²) in [5, 5.41) is 0. The Hall–Kier alpha value is -0.570. The topological polar surface area (TPSA) is 46.3 Å². The summed E-state index contributed by atoms with van der Waals surface area (Å²) in [5.41, 5.74) is 5.45. The van der Waals surface area contributed by atoms with Gasteiger partial charge in [0, 0.05) is 18.5 Å². The maximum atomic E-state index is 11.6. The van der Waals surface area contributed by atoms with Crippen LogP contribution in [-0.4, -0.2) is 29.4 Å². The van der Waals surface area contributed by atoms with Gasteiger partial charge in [0.15, 0.2) is 0 Å². The highest BCUT2D eigenvalue weighted by molar-refractivity contribution is 5.79. The first-order valence-corrected chi connectivity index (χ1v) is 4.95. The second-order valence-electron chi connectivity index (χ2n) is 4.82. The molecule has 1 fully saturated rings. The van der Waals surface area contributed by atoms with Gasteiger partial charge in [-0.05, 0) is 39.7 Å². The van der Waals surface area contributed by atoms with E-state index in [9.17, 15) is 4.79 Å². The van der Waals surface area contributed by atoms with Gasteiger partial charge in [-0.2, -0.15) is 0 Å². The van der Waals surface area contributed by atoms with Gasteiger partial charge in [0.05, 0.1) is 0 Å². The molecule has 1 aliphatic rings. The van der Waals surface area contributed by atoms with Crippen LogP contribution in [0.4, 0.5) is 0 Å². The van der Waals surface area contributed by atoms with E-state index in [2.05, 4.69) is 20.8 Å². The molecule has 1 rings (SSSR count). The zero-order chi connectivity index (χ0) is 10.1. The largest absolute Gasteiger partial charge is 0.338 e. The monoisotopic (exact) mass is 184 g/mol. The number of hydrogen-bond donors (Lipinski definition) is 1. The summed E-state index contributed by atoms with van der Waals surface area (Å²) in [6.45, 7) is 7.82. The normalized spacial score (nSPS) is 24.2. The summed E-state index contributed by atoms with van der Waals surface area (Å²) in [6, 6.07) is 0. The van der Waals surface area contributed by atoms with Crippen molar-refractivity contribution in [3.8, 4) is 0 Å². The van der Waals surface area contributed by atoms with Gasteiger partial charge in [-0.1, -0.05) is 0 Å². The predicted molar refractivity (Wildman–Crippen MR) is 53.2 cm³/mol. The van der Waals surface area contributed by atoms with Crippen LogP contribution in [0, 0.1) is 5.92 Å². The van der Waals surface area contributed by atoms with Crippen molar-refractivity contribution in [2.45, 2.75) is 39.2 Å². The third-order valence-corrected chi connectivity index (χ3v) is 2.59. The third kappa shape index (κ3) is 2.44. The van der Waals surface area contributed by atoms with Crippen LogP contribution in [0.5, 0.6) is 0 Å². The fourth-order valence-corrected chi connectivity index (χ4v) is 1.86. The van der Waals surface area contributed by atoms with E-state index in [1.54, 1.807) is 0 Å². The molecular formula is C10H20N2O. The Balaban J connectivity index is 2.57. The molecule has 0 radical (unpaired) electrons. The molecule has 1 aliphatic heterocycles. The fraction of sp³-hybridized carbons (Fsp3) is 0.900. The Morgan fingerprint density at radius 3 is 2.54 bits per heavy atom. The van der Waals surface area contributed by atoms with Crippen molar-refractivity contribution in [2.75, 3.05) is 13.1 Å². The van der Waals surface area contributed by atoms with Crippen LogP contribution in [0.15, 0.2) is 0 Å². The van der Waals surface area contributed by atoms with Crippen molar-refractivity contribution >= 4 is 5.91 Å². The number of carbonyl (C=O) groups excluding carboxylic acids is 1. The molecular weight excluding hydrogens is 164 g/mol. The zero-order valence-electron chi connectivity index (χ0n) is 8.84. The molecule has 0 aliphatic carbocycles. The SMILES string of the molecule is CC(C)(C)N1CC(CCN)CC1=O. The second-order valence-corrected chi connectivity index (χ2v) is 4.82. The molecule has 0 saturated carbocycles. The van der Waals surface area contributed by atoms with Gasteiger partial charge in [0.2, 0.25) is 5.91 Å². The highest BCUT2D eigenvalue weighted by Crippen LogP contribution is 2.26. The number of amides is 1. The molecule has 3 heteroatoms. The van der Waals surface area contributed by atoms with Crippen molar-refractivity contribution < 1.29 is 4.79 Å². The standard InChI is InChI=1S/C10H20N2O/c1-10(2,3)12-7-8(4-5-11)6-9(12)13/h8H,4-7,11H2,1-3H3. The van der Waals surface area contributed by atoms with E-state index < -0.39 is 0 Å². The Morgan fingerprint density at radius 1 is 1.54 bits per heavy atom. The van der Waals surface area contributed by atoms with Gasteiger partial charge in [-0.3, -0.25) is 4.79 Å². The van der Waals surface area contributed by atoms with Crippen molar-refractivity contribution in [2.24, 2.45) is 11.7 Å². The maximum Gasteiger partial charge on any atom is 0.223 e. The maximum absolute atomic E-state index is 11.6. The minimum atomic E-state index is -0.0273. The molecule has 1 atom stereocenters. The van der Waals surface area contributed by atoms with Gasteiger partial charge in [-0.15, -0.1) is 0 Å². The molecule has 1 saturated heterocycles. The van der Waals surface area contributed by atoms with Crippen molar-refractivity contribution in [3.63, 3.8) is 0 Å². The van der Waals surface area contributed by atoms with Crippen LogP contribution in [0.3, 0.4) is 0 Å². The van der Waals surface area contributed by atoms with Crippen LogP contribution < -0.4 is 5.73 Å². The lowest BCUT2D eigenvalue weighted by molar-refractivity contribution is -0.131. The Labute approximate surface area is 80.3 Å². The molecule has 1 amide bonds. The molecule has 0 aromatic carbocycles. The van der Waals surface area contributed by atoms with Gasteiger partial charge >= 0.3 is 0 Å². The number of rotatable bonds is 2. The molecule has 0 spiro atoms. The summed E-state index contributed by atoms with van der Waals surface area (Å²) >= 11 is 0. The first kappa shape index (κ1) is 10.5. The van der Waals surface area contributed by atoms with Gasteiger partial charge < -0.3 is 10.6 Å². The summed E-state index contributed by atoms with van der Waals surface area (Å²) in [7, 11) is 0. The van der Waals surface area contributed by atoms with E-state index in [0.717, 1.165) is 13.0 Å². The highest BCUT2D eigenvalue weighted by atomic mass is 16.2. The van der Waals surface area contributed by atoms with Crippen LogP contribution >= 0.6 is 0 Å². The molecule has 0 bridgehead atoms. The first-order valence-electron chi connectivity index (χ1n) is 4.95. The van der Waals surface area contributed by atoms with Gasteiger partial charge in [-0.25, -0.2) is 0 Å². The van der Waals surface area contributed by atoms with Crippen LogP contribution in [0.1, 0.15) is 33.6 Å². The van der Waals surface area contributed by atoms with Gasteiger partial charge in [0.1, 0.15) is 0 Å². The van der Waals surface area contributed by atoms with E-state index in [4.69, 9.17) is 5.73 Å². The third-order valence-electron chi connectivity index (χ3n) is 2.59. The molecule has 2 N–H and O–H groups in total. The summed E-state index contributed by atoms with van der Waals surface area (Å²) in [5.74, 6) is 0.766. The zero-order valence-corrected chi connectivity index (χ0v) is 8.84. The molecule has 1 unspecified atom stereocenters. The van der Waals surface area contributed by atoms with E-state index in [-0.39, 0.29) is 11.4 Å². The predicted octanol–water partition coefficient (Wildman–Crippen LogP) is 0.982. The number of likely N-dealkylation sites (tertiary alicyclic amines) is 1. The fourth-order valence-electron chi connectivity index (χ4n) is 1.86. The summed E-state index contributed by atoms with van der Waals surface area (Å²) < 4.78 is 0. The van der Waals surface area contributed by atoms with Crippen LogP contribution in [0.2, 0.25) is 0 Å². The average molecular weight is 184 g/mol. The lowest BCUT2D eigenvalue weighted by Gasteiger charge is -2.32. The second kappa shape index (κ2) is 3.66. The number of carbonyl (C=O) groups is 1. The lowest BCUT2D eigenvalue weighted by Crippen LogP contribution is -2.42. The van der Waals surface area contributed by atoms with Crippen molar-refractivity contribution in [1.82, 2.24) is 4.90 Å². The van der Waals surface area contributed by atoms with E-state index in [1.807, 2.05) is 4.90 Å². The minimum absolute atomic E-state index is 0.0273.